The summed E-state index contributed by atoms with van der Waals surface area (Å²) in [7, 11) is 0. The smallest absolute Gasteiger partial charge is 0.339 e. The van der Waals surface area contributed by atoms with Crippen molar-refractivity contribution in [1.29, 1.82) is 0 Å². The van der Waals surface area contributed by atoms with Crippen molar-refractivity contribution in [3.63, 3.8) is 0 Å². The van der Waals surface area contributed by atoms with Crippen LogP contribution in [0.2, 0.25) is 5.02 Å². The van der Waals surface area contributed by atoms with E-state index in [0.717, 1.165) is 0 Å². The van der Waals surface area contributed by atoms with Crippen LogP contribution >= 0.6 is 11.6 Å². The molecule has 1 aromatic carbocycles. The maximum absolute atomic E-state index is 11.4. The van der Waals surface area contributed by atoms with Gasteiger partial charge in [0.25, 0.3) is 0 Å². The second-order valence-corrected chi connectivity index (χ2v) is 3.46. The van der Waals surface area contributed by atoms with E-state index in [1.165, 1.54) is 0 Å². The third-order valence-electron chi connectivity index (χ3n) is 1.57. The number of carbonyl (C=O) groups excluding carboxylic acids is 1. The van der Waals surface area contributed by atoms with Crippen molar-refractivity contribution in [2.75, 3.05) is 6.61 Å². The van der Waals surface area contributed by atoms with Gasteiger partial charge < -0.3 is 10.5 Å². The van der Waals surface area contributed by atoms with E-state index in [-0.39, 0.29) is 12.6 Å². The van der Waals surface area contributed by atoms with Gasteiger partial charge in [-0.1, -0.05) is 23.7 Å². The SMILES string of the molecule is CC(N)COC(=O)c1ccccc1Cl. The first-order chi connectivity index (χ1) is 6.61. The van der Waals surface area contributed by atoms with Gasteiger partial charge in [-0.3, -0.25) is 0 Å². The summed E-state index contributed by atoms with van der Waals surface area (Å²) >= 11 is 5.80. The molecule has 0 aliphatic rings. The quantitative estimate of drug-likeness (QED) is 0.780. The predicted molar refractivity (Wildman–Crippen MR) is 55.4 cm³/mol. The number of rotatable bonds is 3. The van der Waals surface area contributed by atoms with Crippen LogP contribution in [0.3, 0.4) is 0 Å². The molecule has 4 heteroatoms. The molecule has 1 unspecified atom stereocenters. The van der Waals surface area contributed by atoms with Gasteiger partial charge in [0.2, 0.25) is 0 Å². The summed E-state index contributed by atoms with van der Waals surface area (Å²) in [5.41, 5.74) is 5.82. The molecule has 0 saturated carbocycles. The highest BCUT2D eigenvalue weighted by Crippen LogP contribution is 2.15. The van der Waals surface area contributed by atoms with Crippen LogP contribution in [0.25, 0.3) is 0 Å². The molecule has 0 bridgehead atoms. The highest BCUT2D eigenvalue weighted by atomic mass is 35.5. The van der Waals surface area contributed by atoms with Crippen LogP contribution in [0, 0.1) is 0 Å². The molecule has 0 heterocycles. The fraction of sp³-hybridized carbons (Fsp3) is 0.300. The van der Waals surface area contributed by atoms with Crippen LogP contribution in [0.5, 0.6) is 0 Å². The second kappa shape index (κ2) is 4.98. The first kappa shape index (κ1) is 11.0. The Kier molecular flexibility index (Phi) is 3.92. The minimum absolute atomic E-state index is 0.165. The average molecular weight is 214 g/mol. The van der Waals surface area contributed by atoms with Gasteiger partial charge in [0.1, 0.15) is 6.61 Å². The normalized spacial score (nSPS) is 12.2. The third-order valence-corrected chi connectivity index (χ3v) is 1.90. The number of halogens is 1. The van der Waals surface area contributed by atoms with E-state index < -0.39 is 5.97 Å². The fourth-order valence-corrected chi connectivity index (χ4v) is 1.12. The van der Waals surface area contributed by atoms with Crippen molar-refractivity contribution >= 4 is 17.6 Å². The van der Waals surface area contributed by atoms with E-state index in [1.807, 2.05) is 0 Å². The second-order valence-electron chi connectivity index (χ2n) is 3.06. The number of nitrogens with two attached hydrogens (primary N) is 1. The number of benzene rings is 1. The summed E-state index contributed by atoms with van der Waals surface area (Å²) in [5.74, 6) is -0.437. The topological polar surface area (TPSA) is 52.3 Å². The zero-order valence-electron chi connectivity index (χ0n) is 7.87. The van der Waals surface area contributed by atoms with Crippen molar-refractivity contribution in [2.24, 2.45) is 5.73 Å². The molecule has 0 spiro atoms. The van der Waals surface area contributed by atoms with Crippen molar-refractivity contribution in [1.82, 2.24) is 0 Å². The summed E-state index contributed by atoms with van der Waals surface area (Å²) in [6.45, 7) is 1.96. The standard InChI is InChI=1S/C10H12ClNO2/c1-7(12)6-14-10(13)8-4-2-3-5-9(8)11/h2-5,7H,6,12H2,1H3. The first-order valence-electron chi connectivity index (χ1n) is 4.28. The van der Waals surface area contributed by atoms with Gasteiger partial charge in [-0.2, -0.15) is 0 Å². The molecule has 2 N–H and O–H groups in total. The monoisotopic (exact) mass is 213 g/mol. The summed E-state index contributed by atoms with van der Waals surface area (Å²) in [6, 6.07) is 6.58. The van der Waals surface area contributed by atoms with E-state index in [9.17, 15) is 4.79 Å². The maximum atomic E-state index is 11.4. The Labute approximate surface area is 87.8 Å². The Morgan fingerprint density at radius 3 is 2.79 bits per heavy atom. The Morgan fingerprint density at radius 1 is 1.57 bits per heavy atom. The summed E-state index contributed by atoms with van der Waals surface area (Å²) in [5, 5.41) is 0.391. The first-order valence-corrected chi connectivity index (χ1v) is 4.66. The van der Waals surface area contributed by atoms with Crippen LogP contribution in [-0.2, 0) is 4.74 Å². The van der Waals surface area contributed by atoms with Gasteiger partial charge >= 0.3 is 5.97 Å². The minimum Gasteiger partial charge on any atom is -0.460 e. The number of hydrogen-bond donors (Lipinski definition) is 1. The summed E-state index contributed by atoms with van der Waals surface area (Å²) in [6.07, 6.45) is 0. The van der Waals surface area contributed by atoms with Gasteiger partial charge in [-0.15, -0.1) is 0 Å². The Balaban J connectivity index is 2.65. The van der Waals surface area contributed by atoms with Crippen molar-refractivity contribution in [3.05, 3.63) is 34.9 Å². The average Bonchev–Trinajstić information content (AvgIpc) is 2.15. The predicted octanol–water partition coefficient (Wildman–Crippen LogP) is 1.84. The molecule has 0 aliphatic carbocycles. The Hall–Kier alpha value is -1.06. The zero-order valence-corrected chi connectivity index (χ0v) is 8.62. The fourth-order valence-electron chi connectivity index (χ4n) is 0.912. The van der Waals surface area contributed by atoms with E-state index in [1.54, 1.807) is 31.2 Å². The number of hydrogen-bond acceptors (Lipinski definition) is 3. The van der Waals surface area contributed by atoms with Gasteiger partial charge in [-0.25, -0.2) is 4.79 Å². The maximum Gasteiger partial charge on any atom is 0.339 e. The van der Waals surface area contributed by atoms with E-state index in [2.05, 4.69) is 0 Å². The number of carbonyl (C=O) groups is 1. The summed E-state index contributed by atoms with van der Waals surface area (Å²) < 4.78 is 4.92. The molecule has 1 aromatic rings. The molecular formula is C10H12ClNO2. The van der Waals surface area contributed by atoms with Crippen molar-refractivity contribution in [3.8, 4) is 0 Å². The van der Waals surface area contributed by atoms with E-state index >= 15 is 0 Å². The van der Waals surface area contributed by atoms with E-state index in [0.29, 0.717) is 10.6 Å². The van der Waals surface area contributed by atoms with Gasteiger partial charge in [0.05, 0.1) is 10.6 Å². The van der Waals surface area contributed by atoms with Gasteiger partial charge in [0, 0.05) is 6.04 Å². The highest BCUT2D eigenvalue weighted by Gasteiger charge is 2.11. The Morgan fingerprint density at radius 2 is 2.21 bits per heavy atom. The molecule has 14 heavy (non-hydrogen) atoms. The molecule has 0 saturated heterocycles. The lowest BCUT2D eigenvalue weighted by atomic mass is 10.2. The van der Waals surface area contributed by atoms with Crippen LogP contribution in [-0.4, -0.2) is 18.6 Å². The van der Waals surface area contributed by atoms with Crippen LogP contribution in [0.1, 0.15) is 17.3 Å². The largest absolute Gasteiger partial charge is 0.460 e. The number of esters is 1. The molecule has 0 amide bonds. The molecule has 3 nitrogen and oxygen atoms in total. The molecule has 76 valence electrons. The lowest BCUT2D eigenvalue weighted by Crippen LogP contribution is -2.24. The highest BCUT2D eigenvalue weighted by molar-refractivity contribution is 6.33. The van der Waals surface area contributed by atoms with Gasteiger partial charge in [-0.05, 0) is 19.1 Å². The van der Waals surface area contributed by atoms with Crippen molar-refractivity contribution < 1.29 is 9.53 Å². The molecule has 1 rings (SSSR count). The molecule has 0 aliphatic heterocycles. The minimum atomic E-state index is -0.437. The van der Waals surface area contributed by atoms with E-state index in [4.69, 9.17) is 22.1 Å². The van der Waals surface area contributed by atoms with Crippen LogP contribution in [0.15, 0.2) is 24.3 Å². The van der Waals surface area contributed by atoms with Gasteiger partial charge in [0.15, 0.2) is 0 Å². The molecular weight excluding hydrogens is 202 g/mol. The molecule has 0 radical (unpaired) electrons. The lowest BCUT2D eigenvalue weighted by molar-refractivity contribution is 0.0487. The molecule has 0 fully saturated rings. The van der Waals surface area contributed by atoms with Crippen LogP contribution < -0.4 is 5.73 Å². The Bertz CT molecular complexity index is 326. The summed E-state index contributed by atoms with van der Waals surface area (Å²) in [4.78, 5) is 11.4. The zero-order chi connectivity index (χ0) is 10.6. The third kappa shape index (κ3) is 3.01. The molecule has 0 aromatic heterocycles. The molecule has 1 atom stereocenters. The van der Waals surface area contributed by atoms with Crippen LogP contribution in [0.4, 0.5) is 0 Å². The van der Waals surface area contributed by atoms with Crippen molar-refractivity contribution in [2.45, 2.75) is 13.0 Å². The number of ether oxygens (including phenoxy) is 1. The lowest BCUT2D eigenvalue weighted by Gasteiger charge is -2.07.